The summed E-state index contributed by atoms with van der Waals surface area (Å²) in [5.41, 5.74) is 3.08. The smallest absolute Gasteiger partial charge is 0.261 e. The zero-order valence-corrected chi connectivity index (χ0v) is 22.1. The van der Waals surface area contributed by atoms with Crippen molar-refractivity contribution in [2.24, 2.45) is 0 Å². The number of nitrogens with zero attached hydrogens (tertiary/aromatic N) is 1. The number of nitrogens with one attached hydrogen (secondary N) is 1. The van der Waals surface area contributed by atoms with E-state index in [9.17, 15) is 9.59 Å². The standard InChI is InChI=1S/C31H35ClN2O3/c1-23-11-8-9-14-25(23)21-34(30(35)22-37-28-18-10-15-26(32)20-28)29(19-24-12-4-2-5-13-24)31(36)33-27-16-6-3-7-17-27/h2,4-5,8-15,18,20,27,29H,3,6-7,16-17,19,21-22H2,1H3,(H,33,36). The van der Waals surface area contributed by atoms with Crippen LogP contribution in [0, 0.1) is 6.92 Å². The van der Waals surface area contributed by atoms with Crippen LogP contribution >= 0.6 is 11.6 Å². The maximum absolute atomic E-state index is 13.8. The molecule has 0 saturated heterocycles. The molecule has 194 valence electrons. The largest absolute Gasteiger partial charge is 0.484 e. The number of carbonyl (C=O) groups is 2. The first-order valence-electron chi connectivity index (χ1n) is 13.1. The topological polar surface area (TPSA) is 58.6 Å². The molecule has 1 aliphatic carbocycles. The summed E-state index contributed by atoms with van der Waals surface area (Å²) in [7, 11) is 0. The van der Waals surface area contributed by atoms with Gasteiger partial charge < -0.3 is 15.0 Å². The lowest BCUT2D eigenvalue weighted by Gasteiger charge is -2.33. The van der Waals surface area contributed by atoms with E-state index in [0.717, 1.165) is 42.4 Å². The summed E-state index contributed by atoms with van der Waals surface area (Å²) in [5.74, 6) is 0.159. The zero-order chi connectivity index (χ0) is 26.0. The SMILES string of the molecule is Cc1ccccc1CN(C(=O)COc1cccc(Cl)c1)C(Cc1ccccc1)C(=O)NC1CCCCC1. The molecular weight excluding hydrogens is 484 g/mol. The van der Waals surface area contributed by atoms with Crippen LogP contribution in [0.1, 0.15) is 48.8 Å². The van der Waals surface area contributed by atoms with E-state index in [1.165, 1.54) is 6.42 Å². The number of ether oxygens (including phenoxy) is 1. The highest BCUT2D eigenvalue weighted by atomic mass is 35.5. The Hall–Kier alpha value is -3.31. The maximum Gasteiger partial charge on any atom is 0.261 e. The molecule has 0 aliphatic heterocycles. The monoisotopic (exact) mass is 518 g/mol. The van der Waals surface area contributed by atoms with Gasteiger partial charge in [-0.2, -0.15) is 0 Å². The minimum Gasteiger partial charge on any atom is -0.484 e. The third-order valence-electron chi connectivity index (χ3n) is 6.98. The highest BCUT2D eigenvalue weighted by Gasteiger charge is 2.32. The second kappa shape index (κ2) is 13.3. The first-order valence-corrected chi connectivity index (χ1v) is 13.4. The highest BCUT2D eigenvalue weighted by Crippen LogP contribution is 2.21. The molecule has 0 spiro atoms. The third-order valence-corrected chi connectivity index (χ3v) is 7.22. The van der Waals surface area contributed by atoms with Crippen LogP contribution < -0.4 is 10.1 Å². The number of hydrogen-bond acceptors (Lipinski definition) is 3. The fourth-order valence-corrected chi connectivity index (χ4v) is 5.03. The van der Waals surface area contributed by atoms with Gasteiger partial charge in [-0.3, -0.25) is 9.59 Å². The normalized spacial score (nSPS) is 14.5. The van der Waals surface area contributed by atoms with E-state index in [0.29, 0.717) is 23.7 Å². The van der Waals surface area contributed by atoms with Crippen LogP contribution in [-0.4, -0.2) is 35.4 Å². The zero-order valence-electron chi connectivity index (χ0n) is 21.4. The van der Waals surface area contributed by atoms with Gasteiger partial charge in [0.15, 0.2) is 6.61 Å². The van der Waals surface area contributed by atoms with Gasteiger partial charge in [0.05, 0.1) is 0 Å². The Balaban J connectivity index is 1.62. The summed E-state index contributed by atoms with van der Waals surface area (Å²) in [5, 5.41) is 3.80. The van der Waals surface area contributed by atoms with E-state index < -0.39 is 6.04 Å². The summed E-state index contributed by atoms with van der Waals surface area (Å²) < 4.78 is 5.82. The van der Waals surface area contributed by atoms with Crippen molar-refractivity contribution >= 4 is 23.4 Å². The predicted octanol–water partition coefficient (Wildman–Crippen LogP) is 6.12. The van der Waals surface area contributed by atoms with Crippen LogP contribution in [0.2, 0.25) is 5.02 Å². The van der Waals surface area contributed by atoms with Crippen LogP contribution in [0.25, 0.3) is 0 Å². The van der Waals surface area contributed by atoms with E-state index >= 15 is 0 Å². The molecule has 0 radical (unpaired) electrons. The summed E-state index contributed by atoms with van der Waals surface area (Å²) in [4.78, 5) is 29.2. The van der Waals surface area contributed by atoms with Crippen molar-refractivity contribution in [2.45, 2.75) is 64.1 Å². The molecule has 5 nitrogen and oxygen atoms in total. The molecule has 2 amide bonds. The third kappa shape index (κ3) is 7.83. The number of benzene rings is 3. The van der Waals surface area contributed by atoms with Crippen molar-refractivity contribution in [3.8, 4) is 5.75 Å². The van der Waals surface area contributed by atoms with Gasteiger partial charge in [-0.25, -0.2) is 0 Å². The molecule has 1 unspecified atom stereocenters. The second-order valence-electron chi connectivity index (χ2n) is 9.74. The van der Waals surface area contributed by atoms with E-state index in [2.05, 4.69) is 5.32 Å². The Labute approximate surface area is 224 Å². The fraction of sp³-hybridized carbons (Fsp3) is 0.355. The average Bonchev–Trinajstić information content (AvgIpc) is 2.91. The van der Waals surface area contributed by atoms with Gasteiger partial charge in [0.25, 0.3) is 5.91 Å². The van der Waals surface area contributed by atoms with Gasteiger partial charge in [-0.1, -0.05) is 91.5 Å². The number of amides is 2. The molecule has 1 aliphatic rings. The van der Waals surface area contributed by atoms with Crippen molar-refractivity contribution in [3.63, 3.8) is 0 Å². The molecule has 0 heterocycles. The Morgan fingerprint density at radius 1 is 0.973 bits per heavy atom. The van der Waals surface area contributed by atoms with Crippen molar-refractivity contribution < 1.29 is 14.3 Å². The lowest BCUT2D eigenvalue weighted by atomic mass is 9.94. The van der Waals surface area contributed by atoms with Crippen LogP contribution in [-0.2, 0) is 22.6 Å². The van der Waals surface area contributed by atoms with E-state index in [1.54, 1.807) is 29.2 Å². The Kier molecular flexibility index (Phi) is 9.61. The van der Waals surface area contributed by atoms with Gasteiger partial charge in [-0.05, 0) is 54.7 Å². The second-order valence-corrected chi connectivity index (χ2v) is 10.2. The number of rotatable bonds is 10. The minimum atomic E-state index is -0.667. The first kappa shape index (κ1) is 26.7. The van der Waals surface area contributed by atoms with Gasteiger partial charge in [0.2, 0.25) is 5.91 Å². The molecule has 37 heavy (non-hydrogen) atoms. The predicted molar refractivity (Wildman–Crippen MR) is 148 cm³/mol. The molecule has 1 fully saturated rings. The molecule has 1 atom stereocenters. The summed E-state index contributed by atoms with van der Waals surface area (Å²) in [6.45, 7) is 2.16. The highest BCUT2D eigenvalue weighted by molar-refractivity contribution is 6.30. The quantitative estimate of drug-likeness (QED) is 0.352. The summed E-state index contributed by atoms with van der Waals surface area (Å²) in [6.07, 6.45) is 5.83. The van der Waals surface area contributed by atoms with Crippen LogP contribution in [0.15, 0.2) is 78.9 Å². The molecule has 0 aromatic heterocycles. The van der Waals surface area contributed by atoms with Crippen molar-refractivity contribution in [3.05, 3.63) is 101 Å². The molecule has 1 saturated carbocycles. The summed E-state index contributed by atoms with van der Waals surface area (Å²) in [6, 6.07) is 24.3. The average molecular weight is 519 g/mol. The molecule has 3 aromatic carbocycles. The Bertz CT molecular complexity index is 1180. The number of halogens is 1. The van der Waals surface area contributed by atoms with Crippen LogP contribution in [0.3, 0.4) is 0 Å². The van der Waals surface area contributed by atoms with E-state index in [4.69, 9.17) is 16.3 Å². The summed E-state index contributed by atoms with van der Waals surface area (Å²) >= 11 is 6.09. The first-order chi connectivity index (χ1) is 18.0. The van der Waals surface area contributed by atoms with E-state index in [1.807, 2.05) is 61.5 Å². The van der Waals surface area contributed by atoms with Gasteiger partial charge in [-0.15, -0.1) is 0 Å². The fourth-order valence-electron chi connectivity index (χ4n) is 4.85. The Morgan fingerprint density at radius 3 is 2.43 bits per heavy atom. The number of carbonyl (C=O) groups excluding carboxylic acids is 2. The molecule has 1 N–H and O–H groups in total. The molecule has 3 aromatic rings. The lowest BCUT2D eigenvalue weighted by Crippen LogP contribution is -2.53. The van der Waals surface area contributed by atoms with Gasteiger partial charge in [0, 0.05) is 24.0 Å². The van der Waals surface area contributed by atoms with Crippen LogP contribution in [0.4, 0.5) is 0 Å². The van der Waals surface area contributed by atoms with Crippen molar-refractivity contribution in [2.75, 3.05) is 6.61 Å². The maximum atomic E-state index is 13.8. The van der Waals surface area contributed by atoms with Gasteiger partial charge in [0.1, 0.15) is 11.8 Å². The van der Waals surface area contributed by atoms with Crippen molar-refractivity contribution in [1.29, 1.82) is 0 Å². The Morgan fingerprint density at radius 2 is 1.70 bits per heavy atom. The number of aryl methyl sites for hydroxylation is 1. The minimum absolute atomic E-state index is 0.111. The molecule has 0 bridgehead atoms. The van der Waals surface area contributed by atoms with Crippen LogP contribution in [0.5, 0.6) is 5.75 Å². The molecular formula is C31H35ClN2O3. The van der Waals surface area contributed by atoms with Crippen molar-refractivity contribution in [1.82, 2.24) is 10.2 Å². The lowest BCUT2D eigenvalue weighted by molar-refractivity contribution is -0.143. The number of hydrogen-bond donors (Lipinski definition) is 1. The molecule has 4 rings (SSSR count). The molecule has 6 heteroatoms. The van der Waals surface area contributed by atoms with E-state index in [-0.39, 0.29) is 24.5 Å². The van der Waals surface area contributed by atoms with Gasteiger partial charge >= 0.3 is 0 Å².